The quantitative estimate of drug-likeness (QED) is 0.346. The molecule has 6 rings (SSSR count). The molecule has 0 radical (unpaired) electrons. The first-order valence-corrected chi connectivity index (χ1v) is 11.9. The summed E-state index contributed by atoms with van der Waals surface area (Å²) in [5, 5.41) is 6.61. The Morgan fingerprint density at radius 2 is 1.84 bits per heavy atom. The first kappa shape index (κ1) is 19.5. The summed E-state index contributed by atoms with van der Waals surface area (Å²) < 4.78 is 8.62. The van der Waals surface area contributed by atoms with Gasteiger partial charge in [0.25, 0.3) is 0 Å². The zero-order valence-corrected chi connectivity index (χ0v) is 19.0. The lowest BCUT2D eigenvalue weighted by molar-refractivity contribution is 0.242. The molecule has 0 bridgehead atoms. The van der Waals surface area contributed by atoms with Gasteiger partial charge in [-0.05, 0) is 68.5 Å². The zero-order chi connectivity index (χ0) is 21.8. The third-order valence-corrected chi connectivity index (χ3v) is 7.19. The molecule has 3 heteroatoms. The molecule has 0 fully saturated rings. The molecule has 32 heavy (non-hydrogen) atoms. The third-order valence-electron chi connectivity index (χ3n) is 7.19. The zero-order valence-electron chi connectivity index (χ0n) is 19.0. The van der Waals surface area contributed by atoms with Crippen LogP contribution in [0.4, 0.5) is 5.69 Å². The monoisotopic (exact) mass is 422 g/mol. The van der Waals surface area contributed by atoms with Crippen molar-refractivity contribution in [3.05, 3.63) is 83.9 Å². The Bertz CT molecular complexity index is 1350. The highest BCUT2D eigenvalue weighted by atomic mass is 16.5. The predicted octanol–water partition coefficient (Wildman–Crippen LogP) is 7.43. The van der Waals surface area contributed by atoms with Gasteiger partial charge in [0.2, 0.25) is 0 Å². The first-order valence-electron chi connectivity index (χ1n) is 11.9. The van der Waals surface area contributed by atoms with E-state index in [0.717, 1.165) is 24.4 Å². The van der Waals surface area contributed by atoms with E-state index in [1.54, 1.807) is 0 Å². The Kier molecular flexibility index (Phi) is 4.53. The molecule has 3 unspecified atom stereocenters. The molecule has 1 aliphatic heterocycles. The molecule has 2 heterocycles. The van der Waals surface area contributed by atoms with Gasteiger partial charge in [-0.3, -0.25) is 0 Å². The summed E-state index contributed by atoms with van der Waals surface area (Å²) in [6.45, 7) is 7.39. The third kappa shape index (κ3) is 2.87. The summed E-state index contributed by atoms with van der Waals surface area (Å²) in [6, 6.07) is 22.6. The number of nitrogens with zero attached hydrogens (tertiary/aromatic N) is 1. The molecule has 1 N–H and O–H groups in total. The fourth-order valence-corrected chi connectivity index (χ4v) is 5.88. The van der Waals surface area contributed by atoms with E-state index in [9.17, 15) is 0 Å². The maximum atomic E-state index is 6.20. The molecule has 162 valence electrons. The van der Waals surface area contributed by atoms with E-state index in [0.29, 0.717) is 11.8 Å². The van der Waals surface area contributed by atoms with Crippen molar-refractivity contribution in [3.8, 4) is 5.75 Å². The molecule has 2 aliphatic rings. The average Bonchev–Trinajstić information content (AvgIpc) is 3.41. The van der Waals surface area contributed by atoms with Crippen molar-refractivity contribution >= 4 is 27.5 Å². The number of allylic oxidation sites excluding steroid dienone is 2. The van der Waals surface area contributed by atoms with Gasteiger partial charge in [-0.15, -0.1) is 0 Å². The molecule has 3 atom stereocenters. The summed E-state index contributed by atoms with van der Waals surface area (Å²) in [5.41, 5.74) is 6.52. The number of hydrogen-bond acceptors (Lipinski definition) is 2. The highest BCUT2D eigenvalue weighted by molar-refractivity contribution is 6.08. The lowest BCUT2D eigenvalue weighted by Gasteiger charge is -2.38. The van der Waals surface area contributed by atoms with Gasteiger partial charge in [-0.2, -0.15) is 0 Å². The fraction of sp³-hybridized carbons (Fsp3) is 0.310. The predicted molar refractivity (Wildman–Crippen MR) is 134 cm³/mol. The summed E-state index contributed by atoms with van der Waals surface area (Å²) in [6.07, 6.45) is 6.01. The van der Waals surface area contributed by atoms with E-state index >= 15 is 0 Å². The Morgan fingerprint density at radius 3 is 2.69 bits per heavy atom. The molecule has 1 aromatic heterocycles. The maximum Gasteiger partial charge on any atom is 0.143 e. The second kappa shape index (κ2) is 7.44. The number of aryl methyl sites for hydroxylation is 1. The van der Waals surface area contributed by atoms with Crippen molar-refractivity contribution in [1.29, 1.82) is 0 Å². The molecule has 1 aliphatic carbocycles. The lowest BCUT2D eigenvalue weighted by Crippen LogP contribution is -2.29. The van der Waals surface area contributed by atoms with Crippen LogP contribution in [0.1, 0.15) is 50.3 Å². The standard InChI is InChI=1S/C29H30N2O/c1-4-31-25-13-6-5-9-21(25)24-17-19(15-16-26(24)31)28-22-11-7-10-20(22)23-12-8-14-27(29(23)30-28)32-18(2)3/h5-10,12-18,20,22,28,30H,4,11H2,1-3H3. The van der Waals surface area contributed by atoms with Gasteiger partial charge in [-0.25, -0.2) is 0 Å². The van der Waals surface area contributed by atoms with Gasteiger partial charge in [0, 0.05) is 34.3 Å². The van der Waals surface area contributed by atoms with Crippen LogP contribution in [0.25, 0.3) is 21.8 Å². The smallest absolute Gasteiger partial charge is 0.143 e. The number of nitrogens with one attached hydrogen (secondary N) is 1. The largest absolute Gasteiger partial charge is 0.489 e. The van der Waals surface area contributed by atoms with E-state index in [1.165, 1.54) is 32.9 Å². The SMILES string of the molecule is CCn1c2ccccc2c2cc(C3Nc4c(OC(C)C)cccc4C4C=CCC43)ccc21. The first-order chi connectivity index (χ1) is 15.7. The molecule has 0 spiro atoms. The van der Waals surface area contributed by atoms with E-state index in [2.05, 4.69) is 103 Å². The number of fused-ring (bicyclic) bond motifs is 6. The number of hydrogen-bond donors (Lipinski definition) is 1. The Morgan fingerprint density at radius 1 is 1.00 bits per heavy atom. The Balaban J connectivity index is 1.50. The van der Waals surface area contributed by atoms with Crippen molar-refractivity contribution in [3.63, 3.8) is 0 Å². The van der Waals surface area contributed by atoms with Crippen molar-refractivity contribution in [1.82, 2.24) is 4.57 Å². The van der Waals surface area contributed by atoms with Crippen LogP contribution in [-0.2, 0) is 6.54 Å². The minimum absolute atomic E-state index is 0.148. The summed E-state index contributed by atoms with van der Waals surface area (Å²) in [5.74, 6) is 1.92. The summed E-state index contributed by atoms with van der Waals surface area (Å²) >= 11 is 0. The Labute approximate surface area is 189 Å². The second-order valence-electron chi connectivity index (χ2n) is 9.40. The van der Waals surface area contributed by atoms with Crippen molar-refractivity contribution in [2.24, 2.45) is 5.92 Å². The van der Waals surface area contributed by atoms with Crippen LogP contribution < -0.4 is 10.1 Å². The van der Waals surface area contributed by atoms with Crippen molar-refractivity contribution < 1.29 is 4.74 Å². The topological polar surface area (TPSA) is 26.2 Å². The Hall–Kier alpha value is -3.20. The van der Waals surface area contributed by atoms with Crippen LogP contribution in [0, 0.1) is 5.92 Å². The highest BCUT2D eigenvalue weighted by Gasteiger charge is 2.39. The number of aromatic nitrogens is 1. The van der Waals surface area contributed by atoms with Gasteiger partial charge in [0.1, 0.15) is 5.75 Å². The molecular weight excluding hydrogens is 392 g/mol. The van der Waals surface area contributed by atoms with Crippen LogP contribution in [0.2, 0.25) is 0 Å². The van der Waals surface area contributed by atoms with Crippen molar-refractivity contribution in [2.45, 2.75) is 51.8 Å². The summed E-state index contributed by atoms with van der Waals surface area (Å²) in [7, 11) is 0. The molecule has 0 saturated heterocycles. The lowest BCUT2D eigenvalue weighted by atomic mass is 9.76. The maximum absolute atomic E-state index is 6.20. The minimum atomic E-state index is 0.148. The van der Waals surface area contributed by atoms with Crippen LogP contribution in [-0.4, -0.2) is 10.7 Å². The summed E-state index contributed by atoms with van der Waals surface area (Å²) in [4.78, 5) is 0. The fourth-order valence-electron chi connectivity index (χ4n) is 5.88. The number of ether oxygens (including phenoxy) is 1. The van der Waals surface area contributed by atoms with Gasteiger partial charge < -0.3 is 14.6 Å². The van der Waals surface area contributed by atoms with Gasteiger partial charge in [0.05, 0.1) is 17.8 Å². The van der Waals surface area contributed by atoms with E-state index < -0.39 is 0 Å². The molecule has 3 nitrogen and oxygen atoms in total. The number of benzene rings is 3. The second-order valence-corrected chi connectivity index (χ2v) is 9.40. The van der Waals surface area contributed by atoms with Crippen LogP contribution in [0.15, 0.2) is 72.8 Å². The number of para-hydroxylation sites is 2. The number of anilines is 1. The normalized spacial score (nSPS) is 21.7. The van der Waals surface area contributed by atoms with Gasteiger partial charge >= 0.3 is 0 Å². The van der Waals surface area contributed by atoms with E-state index in [1.807, 2.05) is 0 Å². The van der Waals surface area contributed by atoms with Gasteiger partial charge in [0.15, 0.2) is 0 Å². The molecule has 4 aromatic rings. The van der Waals surface area contributed by atoms with E-state index in [-0.39, 0.29) is 12.1 Å². The van der Waals surface area contributed by atoms with E-state index in [4.69, 9.17) is 4.74 Å². The van der Waals surface area contributed by atoms with Crippen molar-refractivity contribution in [2.75, 3.05) is 5.32 Å². The number of rotatable bonds is 4. The van der Waals surface area contributed by atoms with Gasteiger partial charge in [-0.1, -0.05) is 48.6 Å². The minimum Gasteiger partial charge on any atom is -0.489 e. The highest BCUT2D eigenvalue weighted by Crippen LogP contribution is 2.52. The van der Waals surface area contributed by atoms with Crippen LogP contribution >= 0.6 is 0 Å². The average molecular weight is 423 g/mol. The van der Waals surface area contributed by atoms with Crippen LogP contribution in [0.3, 0.4) is 0 Å². The molecular formula is C29H30N2O. The molecule has 0 amide bonds. The van der Waals surface area contributed by atoms with Crippen LogP contribution in [0.5, 0.6) is 5.75 Å². The molecule has 3 aromatic carbocycles. The molecule has 0 saturated carbocycles.